The summed E-state index contributed by atoms with van der Waals surface area (Å²) in [6.45, 7) is 0. The summed E-state index contributed by atoms with van der Waals surface area (Å²) >= 11 is 7.32. The van der Waals surface area contributed by atoms with Gasteiger partial charge in [0, 0.05) is 21.7 Å². The molecule has 0 spiro atoms. The Morgan fingerprint density at radius 2 is 2.03 bits per heavy atom. The number of rotatable bonds is 8. The van der Waals surface area contributed by atoms with E-state index in [1.165, 1.54) is 40.9 Å². The molecule has 0 aliphatic carbocycles. The second-order valence-electron chi connectivity index (χ2n) is 6.53. The van der Waals surface area contributed by atoms with Crippen molar-refractivity contribution in [2.24, 2.45) is 5.10 Å². The van der Waals surface area contributed by atoms with Crippen LogP contribution >= 0.6 is 23.4 Å². The maximum absolute atomic E-state index is 12.8. The highest BCUT2D eigenvalue weighted by molar-refractivity contribution is 7.98. The van der Waals surface area contributed by atoms with E-state index in [2.05, 4.69) is 35.8 Å². The minimum Gasteiger partial charge on any atom is -0.378 e. The molecule has 0 unspecified atom stereocenters. The smallest absolute Gasteiger partial charge is 0.293 e. The molecule has 0 radical (unpaired) electrons. The lowest BCUT2D eigenvalue weighted by atomic mass is 10.2. The number of hydrazone groups is 1. The quantitative estimate of drug-likeness (QED) is 0.158. The molecular formula is C19H14ClN9O4S. The summed E-state index contributed by atoms with van der Waals surface area (Å²) in [5.41, 5.74) is 8.45. The van der Waals surface area contributed by atoms with Crippen molar-refractivity contribution >= 4 is 47.0 Å². The Kier molecular flexibility index (Phi) is 6.79. The summed E-state index contributed by atoms with van der Waals surface area (Å²) in [5, 5.41) is 30.7. The number of hydrogen-bond acceptors (Lipinski definition) is 11. The highest BCUT2D eigenvalue weighted by Gasteiger charge is 2.24. The van der Waals surface area contributed by atoms with Crippen LogP contribution in [-0.2, 0) is 5.75 Å². The first-order chi connectivity index (χ1) is 16.4. The maximum atomic E-state index is 12.8. The van der Waals surface area contributed by atoms with Crippen molar-refractivity contribution in [1.82, 2.24) is 30.7 Å². The molecule has 172 valence electrons. The second kappa shape index (κ2) is 10.1. The van der Waals surface area contributed by atoms with Crippen molar-refractivity contribution in [1.29, 1.82) is 0 Å². The minimum atomic E-state index is -0.692. The molecule has 0 aliphatic rings. The van der Waals surface area contributed by atoms with E-state index >= 15 is 0 Å². The van der Waals surface area contributed by atoms with Gasteiger partial charge in [-0.1, -0.05) is 28.9 Å². The van der Waals surface area contributed by atoms with Gasteiger partial charge in [0.1, 0.15) is 0 Å². The molecule has 4 aromatic rings. The fourth-order valence-electron chi connectivity index (χ4n) is 2.77. The van der Waals surface area contributed by atoms with Gasteiger partial charge in [-0.15, -0.1) is 16.9 Å². The number of nitrogens with one attached hydrogen (secondary N) is 1. The number of aromatic nitrogens is 5. The van der Waals surface area contributed by atoms with Crippen LogP contribution in [0.25, 0.3) is 5.82 Å². The third-order valence-electron chi connectivity index (χ3n) is 4.37. The number of carbonyl (C=O) groups is 1. The summed E-state index contributed by atoms with van der Waals surface area (Å²) in [6, 6.07) is 13.1. The summed E-state index contributed by atoms with van der Waals surface area (Å²) < 4.78 is 5.88. The van der Waals surface area contributed by atoms with Crippen LogP contribution in [0.2, 0.25) is 5.02 Å². The van der Waals surface area contributed by atoms with Crippen LogP contribution in [0.1, 0.15) is 21.7 Å². The third kappa shape index (κ3) is 5.02. The number of para-hydroxylation sites is 1. The van der Waals surface area contributed by atoms with Crippen LogP contribution in [0.15, 0.2) is 63.2 Å². The number of amides is 1. The van der Waals surface area contributed by atoms with E-state index in [-0.39, 0.29) is 34.3 Å². The first kappa shape index (κ1) is 22.9. The van der Waals surface area contributed by atoms with Gasteiger partial charge in [0.2, 0.25) is 11.6 Å². The van der Waals surface area contributed by atoms with Gasteiger partial charge in [-0.2, -0.15) is 9.78 Å². The summed E-state index contributed by atoms with van der Waals surface area (Å²) in [7, 11) is 0. The summed E-state index contributed by atoms with van der Waals surface area (Å²) in [6.07, 6.45) is 1.17. The first-order valence-electron chi connectivity index (χ1n) is 9.42. The Morgan fingerprint density at radius 1 is 1.26 bits per heavy atom. The van der Waals surface area contributed by atoms with Crippen LogP contribution in [-0.4, -0.2) is 42.4 Å². The molecule has 13 nitrogen and oxygen atoms in total. The van der Waals surface area contributed by atoms with Gasteiger partial charge in [-0.3, -0.25) is 14.9 Å². The van der Waals surface area contributed by atoms with E-state index in [0.29, 0.717) is 10.7 Å². The fraction of sp³-hybridized carbons (Fsp3) is 0.0526. The lowest BCUT2D eigenvalue weighted by molar-refractivity contribution is -0.385. The monoisotopic (exact) mass is 499 g/mol. The van der Waals surface area contributed by atoms with Crippen LogP contribution in [0, 0.1) is 10.1 Å². The molecule has 4 rings (SSSR count). The number of nitrogens with zero attached hydrogens (tertiary/aromatic N) is 7. The van der Waals surface area contributed by atoms with E-state index in [1.54, 1.807) is 18.2 Å². The van der Waals surface area contributed by atoms with Gasteiger partial charge in [-0.05, 0) is 40.6 Å². The Hall–Kier alpha value is -4.30. The first-order valence-corrected chi connectivity index (χ1v) is 10.8. The van der Waals surface area contributed by atoms with Gasteiger partial charge in [-0.25, -0.2) is 10.1 Å². The molecule has 0 saturated carbocycles. The van der Waals surface area contributed by atoms with Crippen molar-refractivity contribution in [3.8, 4) is 5.82 Å². The van der Waals surface area contributed by atoms with Crippen molar-refractivity contribution in [2.45, 2.75) is 10.6 Å². The summed E-state index contributed by atoms with van der Waals surface area (Å²) in [4.78, 5) is 24.3. The molecule has 0 atom stereocenters. The zero-order valence-electron chi connectivity index (χ0n) is 17.0. The molecule has 2 heterocycles. The van der Waals surface area contributed by atoms with E-state index in [9.17, 15) is 14.9 Å². The highest BCUT2D eigenvalue weighted by atomic mass is 35.5. The molecular weight excluding hydrogens is 486 g/mol. The van der Waals surface area contributed by atoms with Crippen LogP contribution in [0.3, 0.4) is 0 Å². The van der Waals surface area contributed by atoms with E-state index in [1.807, 2.05) is 12.1 Å². The average Bonchev–Trinajstić information content (AvgIpc) is 3.44. The molecule has 0 aliphatic heterocycles. The SMILES string of the molecule is Nc1nonc1-n1nnc(C(=O)N/N=C/c2ccccc2[N+](=O)[O-])c1CSc1ccc(Cl)cc1. The Labute approximate surface area is 200 Å². The molecule has 2 aromatic carbocycles. The van der Waals surface area contributed by atoms with Gasteiger partial charge in [0.15, 0.2) is 5.69 Å². The summed E-state index contributed by atoms with van der Waals surface area (Å²) in [5.74, 6) is -0.411. The predicted molar refractivity (Wildman–Crippen MR) is 123 cm³/mol. The number of nitro benzene ring substituents is 1. The molecule has 15 heteroatoms. The number of nitro groups is 1. The minimum absolute atomic E-state index is 0.0380. The topological polar surface area (TPSA) is 180 Å². The average molecular weight is 500 g/mol. The van der Waals surface area contributed by atoms with Gasteiger partial charge in [0.05, 0.1) is 22.4 Å². The van der Waals surface area contributed by atoms with Gasteiger partial charge in [0.25, 0.3) is 11.6 Å². The van der Waals surface area contributed by atoms with Crippen LogP contribution < -0.4 is 11.2 Å². The zero-order chi connectivity index (χ0) is 24.1. The van der Waals surface area contributed by atoms with Crippen molar-refractivity contribution in [3.05, 3.63) is 80.6 Å². The normalized spacial score (nSPS) is 11.1. The van der Waals surface area contributed by atoms with Crippen molar-refractivity contribution < 1.29 is 14.3 Å². The lowest BCUT2D eigenvalue weighted by Crippen LogP contribution is -2.20. The molecule has 3 N–H and O–H groups in total. The number of halogens is 1. The highest BCUT2D eigenvalue weighted by Crippen LogP contribution is 2.27. The predicted octanol–water partition coefficient (Wildman–Crippen LogP) is 2.85. The zero-order valence-corrected chi connectivity index (χ0v) is 18.6. The van der Waals surface area contributed by atoms with Crippen molar-refractivity contribution in [3.63, 3.8) is 0 Å². The second-order valence-corrected chi connectivity index (χ2v) is 8.01. The number of thioether (sulfide) groups is 1. The number of nitrogens with two attached hydrogens (primary N) is 1. The lowest BCUT2D eigenvalue weighted by Gasteiger charge is -2.06. The molecule has 2 aromatic heterocycles. The molecule has 0 fully saturated rings. The Morgan fingerprint density at radius 3 is 2.74 bits per heavy atom. The number of hydrogen-bond donors (Lipinski definition) is 2. The van der Waals surface area contributed by atoms with E-state index in [4.69, 9.17) is 17.3 Å². The molecule has 0 bridgehead atoms. The number of carbonyl (C=O) groups excluding carboxylic acids is 1. The number of benzene rings is 2. The van der Waals surface area contributed by atoms with E-state index in [0.717, 1.165) is 4.90 Å². The number of nitrogen functional groups attached to an aromatic ring is 1. The van der Waals surface area contributed by atoms with Gasteiger partial charge >= 0.3 is 0 Å². The van der Waals surface area contributed by atoms with Crippen LogP contribution in [0.5, 0.6) is 0 Å². The Bertz CT molecular complexity index is 1370. The molecule has 1 amide bonds. The van der Waals surface area contributed by atoms with Crippen LogP contribution in [0.4, 0.5) is 11.5 Å². The third-order valence-corrected chi connectivity index (χ3v) is 5.64. The standard InChI is InChI=1S/C19H14ClN9O4S/c20-12-5-7-13(8-6-12)34-10-15-16(23-27-28(15)18-17(21)25-33-26-18)19(30)24-22-9-11-3-1-2-4-14(11)29(31)32/h1-9H,10H2,(H2,21,25)(H,24,30)/b22-9+. The maximum Gasteiger partial charge on any atom is 0.293 e. The molecule has 34 heavy (non-hydrogen) atoms. The van der Waals surface area contributed by atoms with E-state index < -0.39 is 10.8 Å². The van der Waals surface area contributed by atoms with Gasteiger partial charge < -0.3 is 5.73 Å². The fourth-order valence-corrected chi connectivity index (χ4v) is 3.79. The largest absolute Gasteiger partial charge is 0.378 e. The Balaban J connectivity index is 1.58. The van der Waals surface area contributed by atoms with Crippen molar-refractivity contribution in [2.75, 3.05) is 5.73 Å². The molecule has 0 saturated heterocycles. The number of anilines is 1.